The van der Waals surface area contributed by atoms with Gasteiger partial charge in [0.1, 0.15) is 11.2 Å². The average molecular weight is 276 g/mol. The van der Waals surface area contributed by atoms with E-state index in [0.717, 1.165) is 11.3 Å². The van der Waals surface area contributed by atoms with Crippen molar-refractivity contribution < 1.29 is 18.8 Å². The van der Waals surface area contributed by atoms with Gasteiger partial charge in [-0.05, 0) is 37.5 Å². The van der Waals surface area contributed by atoms with E-state index in [0.29, 0.717) is 18.4 Å². The van der Waals surface area contributed by atoms with Gasteiger partial charge in [0.05, 0.1) is 5.69 Å². The Balaban J connectivity index is 2.05. The Labute approximate surface area is 114 Å². The normalized spacial score (nSPS) is 20.9. The fraction of sp³-hybridized carbons (Fsp3) is 0.357. The Morgan fingerprint density at radius 1 is 1.25 bits per heavy atom. The second kappa shape index (κ2) is 4.13. The zero-order chi connectivity index (χ0) is 14.5. The van der Waals surface area contributed by atoms with Crippen LogP contribution in [0.25, 0.3) is 0 Å². The number of anilines is 1. The highest BCUT2D eigenvalue weighted by Gasteiger charge is 2.57. The van der Waals surface area contributed by atoms with Gasteiger partial charge >= 0.3 is 6.03 Å². The number of barbiturate groups is 1. The van der Waals surface area contributed by atoms with Gasteiger partial charge in [0.25, 0.3) is 5.91 Å². The molecule has 1 saturated carbocycles. The summed E-state index contributed by atoms with van der Waals surface area (Å²) in [5.74, 6) is -1.85. The minimum absolute atomic E-state index is 0.114. The molecule has 1 spiro atoms. The summed E-state index contributed by atoms with van der Waals surface area (Å²) in [6, 6.07) is 3.35. The van der Waals surface area contributed by atoms with Crippen molar-refractivity contribution in [3.8, 4) is 0 Å². The Morgan fingerprint density at radius 2 is 1.95 bits per heavy atom. The number of hydrogen-bond donors (Lipinski definition) is 1. The Bertz CT molecular complexity index is 637. The van der Waals surface area contributed by atoms with Crippen LogP contribution in [0.3, 0.4) is 0 Å². The molecule has 1 heterocycles. The van der Waals surface area contributed by atoms with Crippen LogP contribution in [-0.4, -0.2) is 17.8 Å². The van der Waals surface area contributed by atoms with Gasteiger partial charge in [-0.1, -0.05) is 12.5 Å². The fourth-order valence-corrected chi connectivity index (χ4v) is 2.66. The monoisotopic (exact) mass is 276 g/mol. The molecule has 1 saturated heterocycles. The molecule has 0 unspecified atom stereocenters. The van der Waals surface area contributed by atoms with Gasteiger partial charge in [0, 0.05) is 0 Å². The number of nitrogens with zero attached hydrogens (tertiary/aromatic N) is 1. The highest BCUT2D eigenvalue weighted by Crippen LogP contribution is 2.45. The average Bonchev–Trinajstić information content (AvgIpc) is 2.29. The predicted octanol–water partition coefficient (Wildman–Crippen LogP) is 1.89. The number of amides is 4. The molecule has 20 heavy (non-hydrogen) atoms. The molecule has 1 aromatic carbocycles. The summed E-state index contributed by atoms with van der Waals surface area (Å²) in [7, 11) is 0. The minimum Gasteiger partial charge on any atom is -0.276 e. The third kappa shape index (κ3) is 1.57. The predicted molar refractivity (Wildman–Crippen MR) is 68.4 cm³/mol. The number of rotatable bonds is 1. The summed E-state index contributed by atoms with van der Waals surface area (Å²) in [6.07, 6.45) is 1.54. The number of urea groups is 1. The maximum atomic E-state index is 14.0. The van der Waals surface area contributed by atoms with Crippen molar-refractivity contribution in [1.82, 2.24) is 5.32 Å². The van der Waals surface area contributed by atoms with E-state index in [9.17, 15) is 18.8 Å². The lowest BCUT2D eigenvalue weighted by Gasteiger charge is -2.44. The zero-order valence-corrected chi connectivity index (χ0v) is 10.9. The van der Waals surface area contributed by atoms with Gasteiger partial charge in [-0.3, -0.25) is 14.9 Å². The first-order valence-electron chi connectivity index (χ1n) is 6.42. The van der Waals surface area contributed by atoms with Gasteiger partial charge in [0.15, 0.2) is 0 Å². The molecular weight excluding hydrogens is 263 g/mol. The van der Waals surface area contributed by atoms with Gasteiger partial charge in [0.2, 0.25) is 5.91 Å². The largest absolute Gasteiger partial charge is 0.335 e. The van der Waals surface area contributed by atoms with Gasteiger partial charge in [-0.15, -0.1) is 0 Å². The van der Waals surface area contributed by atoms with Crippen molar-refractivity contribution in [2.75, 3.05) is 4.90 Å². The van der Waals surface area contributed by atoms with Gasteiger partial charge in [-0.2, -0.15) is 0 Å². The quantitative estimate of drug-likeness (QED) is 0.796. The van der Waals surface area contributed by atoms with Crippen LogP contribution < -0.4 is 10.2 Å². The number of carbonyl (C=O) groups excluding carboxylic acids is 3. The van der Waals surface area contributed by atoms with E-state index in [1.54, 1.807) is 13.0 Å². The van der Waals surface area contributed by atoms with Crippen molar-refractivity contribution in [2.24, 2.45) is 5.41 Å². The molecule has 0 radical (unpaired) electrons. The first-order valence-corrected chi connectivity index (χ1v) is 6.42. The second-order valence-corrected chi connectivity index (χ2v) is 5.29. The van der Waals surface area contributed by atoms with E-state index < -0.39 is 29.1 Å². The molecule has 0 bridgehead atoms. The Hall–Kier alpha value is -2.24. The van der Waals surface area contributed by atoms with Crippen molar-refractivity contribution >= 4 is 23.5 Å². The molecule has 0 aromatic heterocycles. The topological polar surface area (TPSA) is 66.5 Å². The zero-order valence-electron chi connectivity index (χ0n) is 10.9. The van der Waals surface area contributed by atoms with Crippen LogP contribution in [0.15, 0.2) is 18.2 Å². The summed E-state index contributed by atoms with van der Waals surface area (Å²) in [4.78, 5) is 37.0. The van der Waals surface area contributed by atoms with Gasteiger partial charge < -0.3 is 0 Å². The van der Waals surface area contributed by atoms with E-state index >= 15 is 0 Å². The number of halogens is 1. The van der Waals surface area contributed by atoms with Crippen molar-refractivity contribution in [3.63, 3.8) is 0 Å². The molecule has 1 aliphatic heterocycles. The van der Waals surface area contributed by atoms with E-state index in [2.05, 4.69) is 5.32 Å². The Morgan fingerprint density at radius 3 is 2.50 bits per heavy atom. The summed E-state index contributed by atoms with van der Waals surface area (Å²) < 4.78 is 14.0. The number of nitrogens with one attached hydrogen (secondary N) is 1. The third-order valence-corrected chi connectivity index (χ3v) is 4.02. The molecule has 2 aliphatic rings. The number of hydrogen-bond acceptors (Lipinski definition) is 3. The van der Waals surface area contributed by atoms with Crippen LogP contribution in [0.4, 0.5) is 14.9 Å². The number of benzene rings is 1. The maximum absolute atomic E-state index is 14.0. The number of carbonyl (C=O) groups is 3. The van der Waals surface area contributed by atoms with Crippen molar-refractivity contribution in [2.45, 2.75) is 26.2 Å². The summed E-state index contributed by atoms with van der Waals surface area (Å²) in [5, 5.41) is 2.15. The molecule has 1 aliphatic carbocycles. The smallest absolute Gasteiger partial charge is 0.276 e. The molecule has 2 fully saturated rings. The minimum atomic E-state index is -1.19. The molecular formula is C14H13FN2O3. The van der Waals surface area contributed by atoms with Crippen LogP contribution in [-0.2, 0) is 9.59 Å². The first-order chi connectivity index (χ1) is 9.45. The molecule has 3 rings (SSSR count). The standard InChI is InChI=1S/C14H13FN2O3/c1-8-3-4-10(9(15)7-8)17-12(19)14(5-2-6-14)11(18)16-13(17)20/h3-4,7H,2,5-6H2,1H3,(H,16,18,20). The van der Waals surface area contributed by atoms with E-state index in [1.165, 1.54) is 12.1 Å². The first kappa shape index (κ1) is 12.8. The molecule has 4 amide bonds. The fourth-order valence-electron chi connectivity index (χ4n) is 2.66. The molecule has 1 N–H and O–H groups in total. The summed E-state index contributed by atoms with van der Waals surface area (Å²) in [6.45, 7) is 1.71. The summed E-state index contributed by atoms with van der Waals surface area (Å²) >= 11 is 0. The molecule has 1 aromatic rings. The Kier molecular flexibility index (Phi) is 2.64. The lowest BCUT2D eigenvalue weighted by molar-refractivity contribution is -0.148. The molecule has 6 heteroatoms. The highest BCUT2D eigenvalue weighted by molar-refractivity contribution is 6.30. The van der Waals surface area contributed by atoms with Crippen molar-refractivity contribution in [3.05, 3.63) is 29.6 Å². The lowest BCUT2D eigenvalue weighted by atomic mass is 9.66. The van der Waals surface area contributed by atoms with Crippen LogP contribution in [0.2, 0.25) is 0 Å². The van der Waals surface area contributed by atoms with Crippen LogP contribution in [0.5, 0.6) is 0 Å². The summed E-state index contributed by atoms with van der Waals surface area (Å²) in [5.41, 5.74) is -0.618. The van der Waals surface area contributed by atoms with E-state index in [1.807, 2.05) is 0 Å². The number of aryl methyl sites for hydroxylation is 1. The maximum Gasteiger partial charge on any atom is 0.335 e. The van der Waals surface area contributed by atoms with Crippen LogP contribution in [0.1, 0.15) is 24.8 Å². The third-order valence-electron chi connectivity index (χ3n) is 4.02. The SMILES string of the molecule is Cc1ccc(N2C(=O)NC(=O)C3(CCC3)C2=O)c(F)c1. The van der Waals surface area contributed by atoms with Crippen LogP contribution >= 0.6 is 0 Å². The van der Waals surface area contributed by atoms with E-state index in [-0.39, 0.29) is 5.69 Å². The number of imide groups is 2. The second-order valence-electron chi connectivity index (χ2n) is 5.29. The van der Waals surface area contributed by atoms with Crippen LogP contribution in [0, 0.1) is 18.2 Å². The molecule has 0 atom stereocenters. The lowest BCUT2D eigenvalue weighted by Crippen LogP contribution is -2.66. The molecule has 104 valence electrons. The van der Waals surface area contributed by atoms with Crippen molar-refractivity contribution in [1.29, 1.82) is 0 Å². The van der Waals surface area contributed by atoms with Gasteiger partial charge in [-0.25, -0.2) is 14.1 Å². The molecule has 5 nitrogen and oxygen atoms in total. The highest BCUT2D eigenvalue weighted by atomic mass is 19.1. The van der Waals surface area contributed by atoms with E-state index in [4.69, 9.17) is 0 Å².